The molecule has 3 nitrogen and oxygen atoms in total. The monoisotopic (exact) mass is 303 g/mol. The molecular weight excluding hydrogens is 274 g/mol. The molecule has 1 saturated carbocycles. The average molecular weight is 303 g/mol. The topological polar surface area (TPSA) is 38.3 Å². The molecule has 22 heavy (non-hydrogen) atoms. The second-order valence-electron chi connectivity index (χ2n) is 6.21. The molecule has 0 amide bonds. The van der Waals surface area contributed by atoms with Gasteiger partial charge in [0.2, 0.25) is 0 Å². The van der Waals surface area contributed by atoms with Crippen molar-refractivity contribution in [2.24, 2.45) is 0 Å². The predicted octanol–water partition coefficient (Wildman–Crippen LogP) is 4.04. The van der Waals surface area contributed by atoms with E-state index in [4.69, 9.17) is 4.74 Å². The van der Waals surface area contributed by atoms with Gasteiger partial charge >= 0.3 is 5.97 Å². The van der Waals surface area contributed by atoms with Crippen LogP contribution in [0.2, 0.25) is 0 Å². The minimum atomic E-state index is -0.124. The van der Waals surface area contributed by atoms with Crippen LogP contribution < -0.4 is 5.32 Å². The van der Waals surface area contributed by atoms with Crippen LogP contribution in [-0.4, -0.2) is 25.2 Å². The van der Waals surface area contributed by atoms with Gasteiger partial charge in [-0.1, -0.05) is 62.9 Å². The van der Waals surface area contributed by atoms with Gasteiger partial charge in [0.05, 0.1) is 5.92 Å². The number of carbonyl (C=O) groups is 1. The van der Waals surface area contributed by atoms with Crippen LogP contribution in [0.15, 0.2) is 30.3 Å². The maximum Gasteiger partial charge on any atom is 0.313 e. The van der Waals surface area contributed by atoms with Gasteiger partial charge in [-0.2, -0.15) is 0 Å². The summed E-state index contributed by atoms with van der Waals surface area (Å²) in [7, 11) is 0. The fraction of sp³-hybridized carbons (Fsp3) is 0.632. The lowest BCUT2D eigenvalue weighted by molar-refractivity contribution is -0.145. The van der Waals surface area contributed by atoms with Crippen molar-refractivity contribution in [2.45, 2.75) is 63.8 Å². The predicted molar refractivity (Wildman–Crippen MR) is 89.9 cm³/mol. The maximum absolute atomic E-state index is 12.3. The standard InChI is InChI=1S/C19H29NO2/c1-2-9-18(16-10-5-3-6-11-16)19(21)22-15-14-20-17-12-7-4-8-13-17/h3,5-6,10-11,17-18,20H,2,4,7-9,12-15H2,1H3/t18-/m1/s1. The van der Waals surface area contributed by atoms with Gasteiger partial charge in [-0.3, -0.25) is 4.79 Å². The van der Waals surface area contributed by atoms with E-state index in [1.807, 2.05) is 30.3 Å². The Balaban J connectivity index is 1.74. The summed E-state index contributed by atoms with van der Waals surface area (Å²) in [6, 6.07) is 10.6. The molecule has 0 bridgehead atoms. The molecule has 2 rings (SSSR count). The summed E-state index contributed by atoms with van der Waals surface area (Å²) in [5.74, 6) is -0.209. The van der Waals surface area contributed by atoms with Gasteiger partial charge in [0.25, 0.3) is 0 Å². The molecule has 1 aromatic rings. The van der Waals surface area contributed by atoms with E-state index in [1.54, 1.807) is 0 Å². The van der Waals surface area contributed by atoms with Gasteiger partial charge in [0.15, 0.2) is 0 Å². The van der Waals surface area contributed by atoms with E-state index in [0.717, 1.165) is 24.9 Å². The molecule has 0 aromatic heterocycles. The van der Waals surface area contributed by atoms with E-state index in [1.165, 1.54) is 32.1 Å². The number of hydrogen-bond donors (Lipinski definition) is 1. The van der Waals surface area contributed by atoms with Gasteiger partial charge in [-0.15, -0.1) is 0 Å². The Labute approximate surface area is 134 Å². The average Bonchev–Trinajstić information content (AvgIpc) is 2.58. The van der Waals surface area contributed by atoms with Crippen molar-refractivity contribution in [2.75, 3.05) is 13.2 Å². The van der Waals surface area contributed by atoms with E-state index >= 15 is 0 Å². The van der Waals surface area contributed by atoms with Crippen LogP contribution in [-0.2, 0) is 9.53 Å². The maximum atomic E-state index is 12.3. The normalized spacial score (nSPS) is 17.1. The van der Waals surface area contributed by atoms with Gasteiger partial charge in [0.1, 0.15) is 6.61 Å². The van der Waals surface area contributed by atoms with Crippen molar-refractivity contribution in [1.29, 1.82) is 0 Å². The summed E-state index contributed by atoms with van der Waals surface area (Å²) < 4.78 is 5.50. The molecule has 0 heterocycles. The van der Waals surface area contributed by atoms with Crippen LogP contribution in [0.1, 0.15) is 63.4 Å². The molecule has 0 saturated heterocycles. The van der Waals surface area contributed by atoms with E-state index in [2.05, 4.69) is 12.2 Å². The molecule has 1 fully saturated rings. The Bertz CT molecular complexity index is 426. The van der Waals surface area contributed by atoms with Gasteiger partial charge in [-0.25, -0.2) is 0 Å². The largest absolute Gasteiger partial charge is 0.464 e. The summed E-state index contributed by atoms with van der Waals surface area (Å²) in [4.78, 5) is 12.3. The van der Waals surface area contributed by atoms with Crippen LogP contribution >= 0.6 is 0 Å². The minimum absolute atomic E-state index is 0.0847. The van der Waals surface area contributed by atoms with Crippen LogP contribution in [0.25, 0.3) is 0 Å². The second kappa shape index (κ2) is 9.62. The Kier molecular flexibility index (Phi) is 7.44. The third-order valence-corrected chi connectivity index (χ3v) is 4.45. The highest BCUT2D eigenvalue weighted by Crippen LogP contribution is 2.22. The zero-order valence-corrected chi connectivity index (χ0v) is 13.7. The van der Waals surface area contributed by atoms with Crippen LogP contribution in [0.5, 0.6) is 0 Å². The molecule has 3 heteroatoms. The number of benzene rings is 1. The van der Waals surface area contributed by atoms with Crippen molar-refractivity contribution in [3.8, 4) is 0 Å². The van der Waals surface area contributed by atoms with E-state index in [0.29, 0.717) is 12.6 Å². The van der Waals surface area contributed by atoms with Crippen LogP contribution in [0.3, 0.4) is 0 Å². The number of rotatable bonds is 8. The van der Waals surface area contributed by atoms with E-state index in [9.17, 15) is 4.79 Å². The number of esters is 1. The SMILES string of the molecule is CCC[C@@H](C(=O)OCCNC1CCCCC1)c1ccccc1. The quantitative estimate of drug-likeness (QED) is 0.582. The molecule has 1 N–H and O–H groups in total. The molecule has 122 valence electrons. The lowest BCUT2D eigenvalue weighted by Crippen LogP contribution is -2.34. The zero-order chi connectivity index (χ0) is 15.6. The van der Waals surface area contributed by atoms with Crippen molar-refractivity contribution in [3.05, 3.63) is 35.9 Å². The summed E-state index contributed by atoms with van der Waals surface area (Å²) >= 11 is 0. The van der Waals surface area contributed by atoms with Crippen LogP contribution in [0, 0.1) is 0 Å². The first-order chi connectivity index (χ1) is 10.8. The van der Waals surface area contributed by atoms with Gasteiger partial charge < -0.3 is 10.1 Å². The van der Waals surface area contributed by atoms with E-state index in [-0.39, 0.29) is 11.9 Å². The number of nitrogens with one attached hydrogen (secondary N) is 1. The first kappa shape index (κ1) is 17.0. The highest BCUT2D eigenvalue weighted by atomic mass is 16.5. The lowest BCUT2D eigenvalue weighted by Gasteiger charge is -2.23. The Hall–Kier alpha value is -1.35. The molecule has 0 aliphatic heterocycles. The van der Waals surface area contributed by atoms with Gasteiger partial charge in [0, 0.05) is 12.6 Å². The lowest BCUT2D eigenvalue weighted by atomic mass is 9.95. The first-order valence-corrected chi connectivity index (χ1v) is 8.76. The molecule has 1 aliphatic rings. The highest BCUT2D eigenvalue weighted by molar-refractivity contribution is 5.78. The summed E-state index contributed by atoms with van der Waals surface area (Å²) in [5, 5.41) is 3.51. The molecule has 1 aliphatic carbocycles. The molecular formula is C19H29NO2. The summed E-state index contributed by atoms with van der Waals surface area (Å²) in [5.41, 5.74) is 1.06. The van der Waals surface area contributed by atoms with E-state index < -0.39 is 0 Å². The van der Waals surface area contributed by atoms with Crippen molar-refractivity contribution < 1.29 is 9.53 Å². The first-order valence-electron chi connectivity index (χ1n) is 8.76. The Morgan fingerprint density at radius 1 is 1.23 bits per heavy atom. The Morgan fingerprint density at radius 2 is 1.95 bits per heavy atom. The summed E-state index contributed by atoms with van der Waals surface area (Å²) in [6.07, 6.45) is 8.36. The molecule has 1 aromatic carbocycles. The summed E-state index contributed by atoms with van der Waals surface area (Å²) in [6.45, 7) is 3.35. The molecule has 0 radical (unpaired) electrons. The fourth-order valence-electron chi connectivity index (χ4n) is 3.22. The smallest absolute Gasteiger partial charge is 0.313 e. The van der Waals surface area contributed by atoms with Gasteiger partial charge in [-0.05, 0) is 24.8 Å². The van der Waals surface area contributed by atoms with Crippen molar-refractivity contribution in [1.82, 2.24) is 5.32 Å². The number of hydrogen-bond acceptors (Lipinski definition) is 3. The second-order valence-corrected chi connectivity index (χ2v) is 6.21. The fourth-order valence-corrected chi connectivity index (χ4v) is 3.22. The van der Waals surface area contributed by atoms with Crippen LogP contribution in [0.4, 0.5) is 0 Å². The minimum Gasteiger partial charge on any atom is -0.464 e. The number of carbonyl (C=O) groups excluding carboxylic acids is 1. The molecule has 0 spiro atoms. The number of ether oxygens (including phenoxy) is 1. The highest BCUT2D eigenvalue weighted by Gasteiger charge is 2.21. The van der Waals surface area contributed by atoms with Crippen molar-refractivity contribution >= 4 is 5.97 Å². The third-order valence-electron chi connectivity index (χ3n) is 4.45. The van der Waals surface area contributed by atoms with Crippen molar-refractivity contribution in [3.63, 3.8) is 0 Å². The third kappa shape index (κ3) is 5.45. The Morgan fingerprint density at radius 3 is 2.64 bits per heavy atom. The molecule has 1 atom stereocenters. The zero-order valence-electron chi connectivity index (χ0n) is 13.7. The molecule has 0 unspecified atom stereocenters.